The summed E-state index contributed by atoms with van der Waals surface area (Å²) in [6.07, 6.45) is 0. The lowest BCUT2D eigenvalue weighted by molar-refractivity contribution is -0.123. The lowest BCUT2D eigenvalue weighted by Gasteiger charge is -2.20. The van der Waals surface area contributed by atoms with Crippen molar-refractivity contribution >= 4 is 40.5 Å². The number of hydrazone groups is 1. The number of amides is 1. The van der Waals surface area contributed by atoms with E-state index in [1.54, 1.807) is 0 Å². The van der Waals surface area contributed by atoms with Crippen LogP contribution in [0.15, 0.2) is 53.6 Å². The van der Waals surface area contributed by atoms with Gasteiger partial charge in [0.1, 0.15) is 5.71 Å². The molecule has 0 bridgehead atoms. The smallest absolute Gasteiger partial charge is 0.270 e. The van der Waals surface area contributed by atoms with Gasteiger partial charge in [-0.2, -0.15) is 5.10 Å². The quantitative estimate of drug-likeness (QED) is 0.834. The molecule has 0 N–H and O–H groups in total. The molecule has 1 amide bonds. The van der Waals surface area contributed by atoms with Crippen LogP contribution in [0.3, 0.4) is 0 Å². The number of anilines is 1. The highest BCUT2D eigenvalue weighted by molar-refractivity contribution is 6.42. The molecule has 24 heavy (non-hydrogen) atoms. The van der Waals surface area contributed by atoms with E-state index in [-0.39, 0.29) is 11.8 Å². The van der Waals surface area contributed by atoms with Crippen LogP contribution < -0.4 is 5.01 Å². The average molecular weight is 360 g/mol. The lowest BCUT2D eigenvalue weighted by atomic mass is 10.1. The van der Waals surface area contributed by atoms with Crippen molar-refractivity contribution in [3.05, 3.63) is 64.1 Å². The predicted octanol–water partition coefficient (Wildman–Crippen LogP) is 3.83. The fraction of sp³-hybridized carbons (Fsp3) is 0.222. The molecular formula is C18H15Cl2N3O. The van der Waals surface area contributed by atoms with Gasteiger partial charge < -0.3 is 4.90 Å². The minimum atomic E-state index is -0.00335. The molecule has 0 aliphatic carbocycles. The Morgan fingerprint density at radius 1 is 1.04 bits per heavy atom. The number of fused-ring (bicyclic) bond motifs is 1. The largest absolute Gasteiger partial charge is 0.332 e. The molecule has 2 aromatic carbocycles. The zero-order valence-corrected chi connectivity index (χ0v) is 14.3. The van der Waals surface area contributed by atoms with Gasteiger partial charge >= 0.3 is 0 Å². The van der Waals surface area contributed by atoms with E-state index in [0.717, 1.165) is 11.3 Å². The maximum Gasteiger partial charge on any atom is 0.270 e. The molecule has 2 aliphatic heterocycles. The number of benzene rings is 2. The summed E-state index contributed by atoms with van der Waals surface area (Å²) in [5.41, 5.74) is 2.55. The summed E-state index contributed by atoms with van der Waals surface area (Å²) in [7, 11) is 0. The first-order chi connectivity index (χ1) is 11.6. The second kappa shape index (κ2) is 6.11. The Bertz CT molecular complexity index is 819. The van der Waals surface area contributed by atoms with Gasteiger partial charge in [-0.25, -0.2) is 0 Å². The fourth-order valence-electron chi connectivity index (χ4n) is 3.17. The first-order valence-corrected chi connectivity index (χ1v) is 8.51. The predicted molar refractivity (Wildman–Crippen MR) is 96.6 cm³/mol. The van der Waals surface area contributed by atoms with Crippen molar-refractivity contribution in [3.63, 3.8) is 0 Å². The van der Waals surface area contributed by atoms with E-state index in [4.69, 9.17) is 23.2 Å². The Morgan fingerprint density at radius 3 is 2.50 bits per heavy atom. The molecule has 122 valence electrons. The summed E-state index contributed by atoms with van der Waals surface area (Å²) in [4.78, 5) is 14.5. The molecule has 2 heterocycles. The van der Waals surface area contributed by atoms with E-state index in [9.17, 15) is 4.79 Å². The van der Waals surface area contributed by atoms with E-state index < -0.39 is 0 Å². The van der Waals surface area contributed by atoms with Gasteiger partial charge in [-0.15, -0.1) is 0 Å². The third kappa shape index (κ3) is 2.76. The minimum Gasteiger partial charge on any atom is -0.332 e. The Hall–Kier alpha value is -2.04. The van der Waals surface area contributed by atoms with Crippen molar-refractivity contribution in [1.29, 1.82) is 0 Å². The molecule has 1 unspecified atom stereocenters. The summed E-state index contributed by atoms with van der Waals surface area (Å²) in [5.74, 6) is 0.132. The van der Waals surface area contributed by atoms with Crippen LogP contribution in [0.4, 0.5) is 5.69 Å². The van der Waals surface area contributed by atoms with E-state index in [1.165, 1.54) is 0 Å². The molecule has 1 fully saturated rings. The highest BCUT2D eigenvalue weighted by Gasteiger charge is 2.42. The Morgan fingerprint density at radius 2 is 1.79 bits per heavy atom. The number of hydrogen-bond acceptors (Lipinski definition) is 3. The maximum absolute atomic E-state index is 12.6. The van der Waals surface area contributed by atoms with Crippen LogP contribution in [0.2, 0.25) is 10.0 Å². The Kier molecular flexibility index (Phi) is 3.94. The first kappa shape index (κ1) is 15.5. The molecule has 4 nitrogen and oxygen atoms in total. The molecule has 1 atom stereocenters. The molecule has 4 rings (SSSR count). The van der Waals surface area contributed by atoms with Gasteiger partial charge in [0, 0.05) is 29.1 Å². The van der Waals surface area contributed by atoms with Gasteiger partial charge in [0.05, 0.1) is 12.2 Å². The molecule has 0 spiro atoms. The van der Waals surface area contributed by atoms with Crippen LogP contribution >= 0.6 is 23.2 Å². The monoisotopic (exact) mass is 359 g/mol. The summed E-state index contributed by atoms with van der Waals surface area (Å²) >= 11 is 12.1. The zero-order chi connectivity index (χ0) is 16.7. The van der Waals surface area contributed by atoms with Crippen molar-refractivity contribution in [2.45, 2.75) is 6.54 Å². The second-order valence-electron chi connectivity index (χ2n) is 6.02. The van der Waals surface area contributed by atoms with Crippen LogP contribution in [-0.2, 0) is 11.3 Å². The Balaban J connectivity index is 1.51. The normalized spacial score (nSPS) is 19.7. The third-order valence-electron chi connectivity index (χ3n) is 4.40. The Labute approximate surface area is 150 Å². The van der Waals surface area contributed by atoms with Crippen molar-refractivity contribution in [2.75, 3.05) is 18.1 Å². The van der Waals surface area contributed by atoms with Gasteiger partial charge in [0.25, 0.3) is 5.91 Å². The molecule has 2 aromatic rings. The number of carbonyl (C=O) groups excluding carboxylic acids is 1. The first-order valence-electron chi connectivity index (χ1n) is 7.76. The van der Waals surface area contributed by atoms with Crippen LogP contribution in [0.25, 0.3) is 0 Å². The highest BCUT2D eigenvalue weighted by Crippen LogP contribution is 2.30. The van der Waals surface area contributed by atoms with Crippen LogP contribution in [0.1, 0.15) is 5.56 Å². The number of hydrogen-bond donors (Lipinski definition) is 0. The number of carbonyl (C=O) groups is 1. The molecule has 6 heteroatoms. The van der Waals surface area contributed by atoms with Crippen LogP contribution in [0, 0.1) is 5.92 Å². The average Bonchev–Trinajstić information content (AvgIpc) is 3.11. The van der Waals surface area contributed by atoms with Gasteiger partial charge in [0.15, 0.2) is 0 Å². The maximum atomic E-state index is 12.6. The van der Waals surface area contributed by atoms with E-state index in [2.05, 4.69) is 5.10 Å². The number of likely N-dealkylation sites (tertiary alicyclic amines) is 1. The molecule has 0 aromatic heterocycles. The summed E-state index contributed by atoms with van der Waals surface area (Å²) in [5, 5.41) is 7.78. The van der Waals surface area contributed by atoms with Gasteiger partial charge in [-0.3, -0.25) is 9.80 Å². The molecular weight excluding hydrogens is 345 g/mol. The minimum absolute atomic E-state index is 0.00335. The SMILES string of the molecule is O=C1C2=NN(c3ccc(Cl)cc3)CC2CN1Cc1ccccc1Cl. The number of halogens is 2. The van der Waals surface area contributed by atoms with Crippen LogP contribution in [-0.4, -0.2) is 29.6 Å². The van der Waals surface area contributed by atoms with E-state index >= 15 is 0 Å². The molecule has 1 saturated heterocycles. The summed E-state index contributed by atoms with van der Waals surface area (Å²) in [6.45, 7) is 1.91. The van der Waals surface area contributed by atoms with E-state index in [0.29, 0.717) is 35.4 Å². The number of nitrogens with zero attached hydrogens (tertiary/aromatic N) is 3. The lowest BCUT2D eigenvalue weighted by Crippen LogP contribution is -2.29. The topological polar surface area (TPSA) is 35.9 Å². The van der Waals surface area contributed by atoms with Crippen LogP contribution in [0.5, 0.6) is 0 Å². The zero-order valence-electron chi connectivity index (χ0n) is 12.8. The third-order valence-corrected chi connectivity index (χ3v) is 5.02. The van der Waals surface area contributed by atoms with Crippen molar-refractivity contribution in [3.8, 4) is 0 Å². The van der Waals surface area contributed by atoms with Gasteiger partial charge in [-0.1, -0.05) is 41.4 Å². The molecule has 2 aliphatic rings. The molecule has 0 saturated carbocycles. The summed E-state index contributed by atoms with van der Waals surface area (Å²) in [6, 6.07) is 15.1. The standard InChI is InChI=1S/C18H15Cl2N3O/c19-14-5-7-15(8-6-14)23-11-13-10-22(18(24)17(13)21-23)9-12-3-1-2-4-16(12)20/h1-8,13H,9-11H2. The second-order valence-corrected chi connectivity index (χ2v) is 6.86. The summed E-state index contributed by atoms with van der Waals surface area (Å²) < 4.78 is 0. The van der Waals surface area contributed by atoms with Crippen molar-refractivity contribution < 1.29 is 4.79 Å². The fourth-order valence-corrected chi connectivity index (χ4v) is 3.49. The van der Waals surface area contributed by atoms with Crippen molar-refractivity contribution in [1.82, 2.24) is 4.90 Å². The van der Waals surface area contributed by atoms with Gasteiger partial charge in [-0.05, 0) is 35.9 Å². The molecule has 0 radical (unpaired) electrons. The van der Waals surface area contributed by atoms with E-state index in [1.807, 2.05) is 58.4 Å². The van der Waals surface area contributed by atoms with Crippen molar-refractivity contribution in [2.24, 2.45) is 11.0 Å². The number of rotatable bonds is 3. The van der Waals surface area contributed by atoms with Gasteiger partial charge in [0.2, 0.25) is 0 Å². The highest BCUT2D eigenvalue weighted by atomic mass is 35.5.